The lowest BCUT2D eigenvalue weighted by molar-refractivity contribution is 0.660. The lowest BCUT2D eigenvalue weighted by atomic mass is 9.95. The second-order valence-corrected chi connectivity index (χ2v) is 15.1. The van der Waals surface area contributed by atoms with Crippen molar-refractivity contribution in [3.63, 3.8) is 0 Å². The van der Waals surface area contributed by atoms with E-state index >= 15 is 0 Å². The van der Waals surface area contributed by atoms with E-state index in [-0.39, 0.29) is 5.43 Å². The summed E-state index contributed by atoms with van der Waals surface area (Å²) < 4.78 is 11.1. The summed E-state index contributed by atoms with van der Waals surface area (Å²) >= 11 is 1.84. The smallest absolute Gasteiger partial charge is 0.200 e. The number of benzene rings is 8. The lowest BCUT2D eigenvalue weighted by Gasteiger charge is -2.09. The molecule has 0 N–H and O–H groups in total. The van der Waals surface area contributed by atoms with Crippen LogP contribution in [0.15, 0.2) is 173 Å². The van der Waals surface area contributed by atoms with Crippen LogP contribution < -0.4 is 5.43 Å². The summed E-state index contributed by atoms with van der Waals surface area (Å²) in [4.78, 5) is 13.4. The third kappa shape index (κ3) is 4.07. The van der Waals surface area contributed by atoms with Gasteiger partial charge in [-0.1, -0.05) is 97.1 Å². The van der Waals surface area contributed by atoms with Crippen LogP contribution in [0.4, 0.5) is 0 Å². The molecular weight excluding hydrogens is 667 g/mol. The Morgan fingerprint density at radius 2 is 1.00 bits per heavy atom. The van der Waals surface area contributed by atoms with Crippen LogP contribution in [-0.4, -0.2) is 4.40 Å². The molecule has 8 aromatic carbocycles. The Balaban J connectivity index is 0.991. The maximum absolute atomic E-state index is 13.4. The van der Waals surface area contributed by atoms with E-state index in [0.29, 0.717) is 21.9 Å². The minimum atomic E-state index is -0.00527. The molecule has 0 atom stereocenters. The second-order valence-electron chi connectivity index (χ2n) is 14.0. The average Bonchev–Trinajstić information content (AvgIpc) is 3.88. The van der Waals surface area contributed by atoms with E-state index in [9.17, 15) is 4.79 Å². The molecule has 4 heterocycles. The number of para-hydroxylation sites is 3. The maximum Gasteiger partial charge on any atom is 0.200 e. The van der Waals surface area contributed by atoms with E-state index in [4.69, 9.17) is 4.42 Å². The summed E-state index contributed by atoms with van der Waals surface area (Å²) in [5, 5.41) is 8.92. The molecule has 0 saturated carbocycles. The Kier molecular flexibility index (Phi) is 5.80. The first kappa shape index (κ1) is 28.9. The van der Waals surface area contributed by atoms with Crippen molar-refractivity contribution in [2.24, 2.45) is 0 Å². The van der Waals surface area contributed by atoms with E-state index in [1.54, 1.807) is 0 Å². The van der Waals surface area contributed by atoms with Crippen molar-refractivity contribution < 1.29 is 4.42 Å². The van der Waals surface area contributed by atoms with E-state index in [1.807, 2.05) is 53.8 Å². The first-order valence-electron chi connectivity index (χ1n) is 17.9. The highest BCUT2D eigenvalue weighted by molar-refractivity contribution is 7.25. The van der Waals surface area contributed by atoms with Gasteiger partial charge in [0.1, 0.15) is 11.2 Å². The average molecular weight is 694 g/mol. The molecule has 0 aliphatic heterocycles. The number of rotatable bonds is 3. The van der Waals surface area contributed by atoms with Crippen molar-refractivity contribution in [2.75, 3.05) is 0 Å². The first-order valence-corrected chi connectivity index (χ1v) is 18.7. The Morgan fingerprint density at radius 1 is 0.415 bits per heavy atom. The van der Waals surface area contributed by atoms with Gasteiger partial charge in [0.2, 0.25) is 5.43 Å². The van der Waals surface area contributed by atoms with Gasteiger partial charge in [-0.05, 0) is 100 Å². The largest absolute Gasteiger partial charge is 0.456 e. The fourth-order valence-corrected chi connectivity index (χ4v) is 9.77. The Bertz CT molecular complexity index is 3550. The number of thiophene rings is 1. The zero-order valence-electron chi connectivity index (χ0n) is 28.3. The standard InChI is InChI=1S/C49H27NO2S/c51-49-36-11-2-4-17-43(36)52-44-21-18-30(26-40(44)49)28-8-5-9-29(24-28)31-19-22-45-38(25-31)39-27-32(20-23-46(39)53-45)33-12-7-16-42-47(33)37-14-6-13-35-34-10-1-3-15-41(34)50(42)48(35)37/h1-27H. The summed E-state index contributed by atoms with van der Waals surface area (Å²) in [7, 11) is 0. The number of aromatic nitrogens is 1. The molecule has 4 heteroatoms. The quantitative estimate of drug-likeness (QED) is 0.173. The van der Waals surface area contributed by atoms with Crippen LogP contribution in [-0.2, 0) is 0 Å². The van der Waals surface area contributed by atoms with Gasteiger partial charge in [-0.3, -0.25) is 4.79 Å². The molecule has 3 nitrogen and oxygen atoms in total. The van der Waals surface area contributed by atoms with Crippen LogP contribution in [0.2, 0.25) is 0 Å². The molecule has 0 fully saturated rings. The fraction of sp³-hybridized carbons (Fsp3) is 0. The molecular formula is C49H27NO2S. The van der Waals surface area contributed by atoms with E-state index in [0.717, 1.165) is 22.3 Å². The normalized spacial score (nSPS) is 12.2. The van der Waals surface area contributed by atoms with Crippen LogP contribution in [0.3, 0.4) is 0 Å². The minimum absolute atomic E-state index is 0.00527. The Labute approximate surface area is 306 Å². The highest BCUT2D eigenvalue weighted by atomic mass is 32.1. The van der Waals surface area contributed by atoms with E-state index < -0.39 is 0 Å². The predicted octanol–water partition coefficient (Wildman–Crippen LogP) is 13.5. The van der Waals surface area contributed by atoms with Gasteiger partial charge < -0.3 is 8.82 Å². The molecule has 0 unspecified atom stereocenters. The van der Waals surface area contributed by atoms with Crippen molar-refractivity contribution in [1.82, 2.24) is 4.40 Å². The third-order valence-electron chi connectivity index (χ3n) is 11.1. The van der Waals surface area contributed by atoms with Gasteiger partial charge in [0, 0.05) is 41.7 Å². The molecule has 0 aliphatic rings. The van der Waals surface area contributed by atoms with Crippen molar-refractivity contribution in [1.29, 1.82) is 0 Å². The molecule has 0 spiro atoms. The number of hydrogen-bond donors (Lipinski definition) is 0. The Morgan fingerprint density at radius 3 is 1.85 bits per heavy atom. The molecule has 0 radical (unpaired) electrons. The number of fused-ring (bicyclic) bond motifs is 11. The van der Waals surface area contributed by atoms with Crippen molar-refractivity contribution >= 4 is 91.5 Å². The molecule has 0 bridgehead atoms. The molecule has 0 aliphatic carbocycles. The van der Waals surface area contributed by atoms with E-state index in [1.165, 1.54) is 69.4 Å². The van der Waals surface area contributed by atoms with Gasteiger partial charge in [-0.25, -0.2) is 0 Å². The first-order chi connectivity index (χ1) is 26.2. The number of hydrogen-bond acceptors (Lipinski definition) is 3. The molecule has 12 rings (SSSR count). The van der Waals surface area contributed by atoms with Crippen LogP contribution in [0, 0.1) is 0 Å². The van der Waals surface area contributed by atoms with E-state index in [2.05, 4.69) is 126 Å². The van der Waals surface area contributed by atoms with Crippen molar-refractivity contribution in [3.05, 3.63) is 174 Å². The van der Waals surface area contributed by atoms with Crippen LogP contribution in [0.25, 0.3) is 114 Å². The van der Waals surface area contributed by atoms with Gasteiger partial charge in [-0.2, -0.15) is 0 Å². The van der Waals surface area contributed by atoms with Crippen LogP contribution in [0.5, 0.6) is 0 Å². The summed E-state index contributed by atoms with van der Waals surface area (Å²) in [6, 6.07) is 57.9. The molecule has 0 saturated heterocycles. The highest BCUT2D eigenvalue weighted by Crippen LogP contribution is 2.44. The van der Waals surface area contributed by atoms with Gasteiger partial charge >= 0.3 is 0 Å². The lowest BCUT2D eigenvalue weighted by Crippen LogP contribution is -2.01. The predicted molar refractivity (Wildman–Crippen MR) is 224 cm³/mol. The van der Waals surface area contributed by atoms with Gasteiger partial charge in [0.05, 0.1) is 27.3 Å². The van der Waals surface area contributed by atoms with Gasteiger partial charge in [0.25, 0.3) is 0 Å². The second kappa shape index (κ2) is 10.6. The summed E-state index contributed by atoms with van der Waals surface area (Å²) in [5.41, 5.74) is 11.8. The number of nitrogens with zero attached hydrogens (tertiary/aromatic N) is 1. The third-order valence-corrected chi connectivity index (χ3v) is 12.3. The Hall–Kier alpha value is -6.75. The SMILES string of the molecule is O=c1c2ccccc2oc2ccc(-c3cccc(-c4ccc5sc6ccc(-c7cccc8c7c7cccc9c%10ccccc%10n8c97)cc6c5c4)c3)cc12. The van der Waals surface area contributed by atoms with Crippen LogP contribution in [0.1, 0.15) is 0 Å². The molecule has 53 heavy (non-hydrogen) atoms. The monoisotopic (exact) mass is 693 g/mol. The van der Waals surface area contributed by atoms with Crippen LogP contribution >= 0.6 is 11.3 Å². The fourth-order valence-electron chi connectivity index (χ4n) is 8.71. The molecule has 12 aromatic rings. The summed E-state index contributed by atoms with van der Waals surface area (Å²) in [6.45, 7) is 0. The minimum Gasteiger partial charge on any atom is -0.456 e. The molecule has 0 amide bonds. The van der Waals surface area contributed by atoms with Crippen molar-refractivity contribution in [3.8, 4) is 33.4 Å². The maximum atomic E-state index is 13.4. The zero-order valence-corrected chi connectivity index (χ0v) is 29.1. The van der Waals surface area contributed by atoms with Gasteiger partial charge in [0.15, 0.2) is 0 Å². The molecule has 4 aromatic heterocycles. The summed E-state index contributed by atoms with van der Waals surface area (Å²) in [5.74, 6) is 0. The topological polar surface area (TPSA) is 34.6 Å². The van der Waals surface area contributed by atoms with Gasteiger partial charge in [-0.15, -0.1) is 11.3 Å². The summed E-state index contributed by atoms with van der Waals surface area (Å²) in [6.07, 6.45) is 0. The zero-order chi connectivity index (χ0) is 34.8. The highest BCUT2D eigenvalue weighted by Gasteiger charge is 2.20. The van der Waals surface area contributed by atoms with Crippen molar-refractivity contribution in [2.45, 2.75) is 0 Å². The molecule has 246 valence electrons.